The highest BCUT2D eigenvalue weighted by atomic mass is 16.3. The van der Waals surface area contributed by atoms with Gasteiger partial charge in [-0.15, -0.1) is 0 Å². The standard InChI is InChI=1S/2C16H34.C3H8O3/c2*1-3-5-7-9-11-13-15-16-14-12-10-8-6-4-2;4-1-3(6)2-5/h2*3-16H2,1-2H3;3-6H,1-2H2. The third-order valence-electron chi connectivity index (χ3n) is 7.34. The third kappa shape index (κ3) is 48.9. The average Bonchev–Trinajstić information content (AvgIpc) is 2.94. The maximum atomic E-state index is 8.17. The van der Waals surface area contributed by atoms with Gasteiger partial charge in [-0.25, -0.2) is 0 Å². The van der Waals surface area contributed by atoms with Crippen molar-refractivity contribution in [3.8, 4) is 0 Å². The molecule has 0 atom stereocenters. The van der Waals surface area contributed by atoms with Crippen molar-refractivity contribution in [2.75, 3.05) is 13.2 Å². The summed E-state index contributed by atoms with van der Waals surface area (Å²) in [5.74, 6) is 0. The molecule has 3 nitrogen and oxygen atoms in total. The molecule has 0 saturated carbocycles. The van der Waals surface area contributed by atoms with Crippen LogP contribution in [0.3, 0.4) is 0 Å². The highest BCUT2D eigenvalue weighted by Crippen LogP contribution is 2.14. The molecule has 0 aliphatic heterocycles. The van der Waals surface area contributed by atoms with Gasteiger partial charge >= 0.3 is 0 Å². The van der Waals surface area contributed by atoms with Gasteiger partial charge in [0, 0.05) is 0 Å². The van der Waals surface area contributed by atoms with Crippen LogP contribution in [0.25, 0.3) is 0 Å². The van der Waals surface area contributed by atoms with Crippen molar-refractivity contribution >= 4 is 0 Å². The van der Waals surface area contributed by atoms with E-state index in [1.807, 2.05) is 0 Å². The maximum absolute atomic E-state index is 8.17. The number of aliphatic hydroxyl groups is 3. The largest absolute Gasteiger partial charge is 0.394 e. The summed E-state index contributed by atoms with van der Waals surface area (Å²) in [4.78, 5) is 0. The topological polar surface area (TPSA) is 60.7 Å². The Bertz CT molecular complexity index is 288. The maximum Gasteiger partial charge on any atom is 0.100 e. The molecule has 3 N–H and O–H groups in total. The quantitative estimate of drug-likeness (QED) is 0.0858. The summed E-state index contributed by atoms with van der Waals surface area (Å²) in [7, 11) is 0. The van der Waals surface area contributed by atoms with Gasteiger partial charge in [-0.1, -0.05) is 207 Å². The lowest BCUT2D eigenvalue weighted by atomic mass is 10.0. The number of rotatable bonds is 28. The Morgan fingerprint density at radius 3 is 0.500 bits per heavy atom. The van der Waals surface area contributed by atoms with Crippen LogP contribution in [0.2, 0.25) is 0 Å². The van der Waals surface area contributed by atoms with Gasteiger partial charge in [0.05, 0.1) is 13.2 Å². The fourth-order valence-corrected chi connectivity index (χ4v) is 4.59. The molecule has 0 amide bonds. The van der Waals surface area contributed by atoms with Crippen LogP contribution in [0, 0.1) is 0 Å². The number of unbranched alkanes of at least 4 members (excludes halogenated alkanes) is 26. The fraction of sp³-hybridized carbons (Fsp3) is 1.00. The lowest BCUT2D eigenvalue weighted by molar-refractivity contribution is 0.0450. The molecular formula is C35H76O3. The van der Waals surface area contributed by atoms with Crippen LogP contribution in [0.4, 0.5) is 0 Å². The van der Waals surface area contributed by atoms with E-state index in [0.717, 1.165) is 0 Å². The van der Waals surface area contributed by atoms with Crippen molar-refractivity contribution in [2.24, 2.45) is 0 Å². The second-order valence-corrected chi connectivity index (χ2v) is 11.5. The van der Waals surface area contributed by atoms with Gasteiger partial charge in [0.1, 0.15) is 6.10 Å². The Balaban J connectivity index is -0.000000532. The molecule has 0 unspecified atom stereocenters. The van der Waals surface area contributed by atoms with E-state index >= 15 is 0 Å². The molecule has 234 valence electrons. The molecule has 0 radical (unpaired) electrons. The van der Waals surface area contributed by atoms with E-state index in [9.17, 15) is 0 Å². The molecule has 0 spiro atoms. The number of hydrogen-bond acceptors (Lipinski definition) is 3. The minimum atomic E-state index is -0.954. The molecule has 0 rings (SSSR count). The first-order valence-electron chi connectivity index (χ1n) is 17.5. The lowest BCUT2D eigenvalue weighted by Crippen LogP contribution is -2.15. The first kappa shape index (κ1) is 42.3. The molecule has 0 heterocycles. The molecule has 0 aliphatic carbocycles. The molecule has 0 fully saturated rings. The average molecular weight is 545 g/mol. The molecule has 0 aromatic heterocycles. The van der Waals surface area contributed by atoms with Crippen LogP contribution in [0.5, 0.6) is 0 Å². The number of aliphatic hydroxyl groups excluding tert-OH is 3. The molecule has 0 aliphatic rings. The van der Waals surface area contributed by atoms with Crippen LogP contribution < -0.4 is 0 Å². The molecule has 0 saturated heterocycles. The van der Waals surface area contributed by atoms with Crippen molar-refractivity contribution in [3.63, 3.8) is 0 Å². The zero-order valence-corrected chi connectivity index (χ0v) is 27.1. The van der Waals surface area contributed by atoms with Crippen molar-refractivity contribution in [1.82, 2.24) is 0 Å². The summed E-state index contributed by atoms with van der Waals surface area (Å²) in [5.41, 5.74) is 0. The van der Waals surface area contributed by atoms with Gasteiger partial charge in [-0.3, -0.25) is 0 Å². The normalized spacial score (nSPS) is 10.7. The monoisotopic (exact) mass is 545 g/mol. The summed E-state index contributed by atoms with van der Waals surface area (Å²) >= 11 is 0. The molecule has 3 heteroatoms. The van der Waals surface area contributed by atoms with E-state index in [1.54, 1.807) is 0 Å². The summed E-state index contributed by atoms with van der Waals surface area (Å²) < 4.78 is 0. The SMILES string of the molecule is CCCCCCCCCCCCCCCC.CCCCCCCCCCCCCCCC.OCC(O)CO. The van der Waals surface area contributed by atoms with Crippen LogP contribution in [-0.2, 0) is 0 Å². The Hall–Kier alpha value is -0.120. The minimum Gasteiger partial charge on any atom is -0.394 e. The van der Waals surface area contributed by atoms with Crippen molar-refractivity contribution < 1.29 is 15.3 Å². The Labute approximate surface area is 242 Å². The Kier molecular flexibility index (Phi) is 48.9. The van der Waals surface area contributed by atoms with E-state index in [2.05, 4.69) is 27.7 Å². The van der Waals surface area contributed by atoms with Crippen molar-refractivity contribution in [3.05, 3.63) is 0 Å². The van der Waals surface area contributed by atoms with Crippen LogP contribution in [0.15, 0.2) is 0 Å². The first-order chi connectivity index (χ1) is 18.6. The minimum absolute atomic E-state index is 0.365. The van der Waals surface area contributed by atoms with Gasteiger partial charge < -0.3 is 15.3 Å². The van der Waals surface area contributed by atoms with Crippen molar-refractivity contribution in [2.45, 2.75) is 214 Å². The highest BCUT2D eigenvalue weighted by molar-refractivity contribution is 4.50. The Morgan fingerprint density at radius 1 is 0.289 bits per heavy atom. The van der Waals surface area contributed by atoms with Gasteiger partial charge in [-0.2, -0.15) is 0 Å². The van der Waals surface area contributed by atoms with E-state index in [0.29, 0.717) is 0 Å². The highest BCUT2D eigenvalue weighted by Gasteiger charge is 1.95. The predicted octanol–water partition coefficient (Wildman–Crippen LogP) is 11.3. The van der Waals surface area contributed by atoms with Crippen molar-refractivity contribution in [1.29, 1.82) is 0 Å². The summed E-state index contributed by atoms with van der Waals surface area (Å²) in [6.07, 6.45) is 39.9. The zero-order valence-electron chi connectivity index (χ0n) is 27.1. The van der Waals surface area contributed by atoms with Crippen LogP contribution >= 0.6 is 0 Å². The lowest BCUT2D eigenvalue weighted by Gasteiger charge is -2.02. The first-order valence-corrected chi connectivity index (χ1v) is 17.5. The third-order valence-corrected chi connectivity index (χ3v) is 7.34. The van der Waals surface area contributed by atoms with Crippen LogP contribution in [-0.4, -0.2) is 34.6 Å². The molecule has 38 heavy (non-hydrogen) atoms. The van der Waals surface area contributed by atoms with E-state index in [4.69, 9.17) is 15.3 Å². The molecule has 0 aromatic carbocycles. The van der Waals surface area contributed by atoms with E-state index in [1.165, 1.54) is 180 Å². The predicted molar refractivity (Wildman–Crippen MR) is 172 cm³/mol. The van der Waals surface area contributed by atoms with E-state index < -0.39 is 6.10 Å². The Morgan fingerprint density at radius 2 is 0.421 bits per heavy atom. The van der Waals surface area contributed by atoms with Crippen LogP contribution in [0.1, 0.15) is 207 Å². The summed E-state index contributed by atoms with van der Waals surface area (Å²) in [6, 6.07) is 0. The van der Waals surface area contributed by atoms with Gasteiger partial charge in [-0.05, 0) is 0 Å². The van der Waals surface area contributed by atoms with Gasteiger partial charge in [0.15, 0.2) is 0 Å². The fourth-order valence-electron chi connectivity index (χ4n) is 4.59. The second-order valence-electron chi connectivity index (χ2n) is 11.5. The summed E-state index contributed by atoms with van der Waals surface area (Å²) in [5, 5.41) is 24.0. The number of hydrogen-bond donors (Lipinski definition) is 3. The molecule has 0 aromatic rings. The van der Waals surface area contributed by atoms with E-state index in [-0.39, 0.29) is 13.2 Å². The molecule has 0 bridgehead atoms. The zero-order chi connectivity index (χ0) is 28.8. The van der Waals surface area contributed by atoms with Gasteiger partial charge in [0.2, 0.25) is 0 Å². The second kappa shape index (κ2) is 43.9. The van der Waals surface area contributed by atoms with Gasteiger partial charge in [0.25, 0.3) is 0 Å². The molecular weight excluding hydrogens is 468 g/mol. The smallest absolute Gasteiger partial charge is 0.100 e. The summed E-state index contributed by atoms with van der Waals surface area (Å²) in [6.45, 7) is 8.43.